The van der Waals surface area contributed by atoms with Crippen LogP contribution in [0.5, 0.6) is 0 Å². The molecule has 23 heavy (non-hydrogen) atoms. The van der Waals surface area contributed by atoms with Gasteiger partial charge in [0, 0.05) is 44.2 Å². The molecule has 1 aliphatic heterocycles. The van der Waals surface area contributed by atoms with E-state index in [9.17, 15) is 0 Å². The summed E-state index contributed by atoms with van der Waals surface area (Å²) in [5, 5.41) is 10.00. The zero-order valence-corrected chi connectivity index (χ0v) is 14.6. The van der Waals surface area contributed by atoms with Gasteiger partial charge in [-0.15, -0.1) is 11.3 Å². The Labute approximate surface area is 141 Å². The first kappa shape index (κ1) is 16.1. The zero-order valence-electron chi connectivity index (χ0n) is 13.7. The van der Waals surface area contributed by atoms with E-state index in [2.05, 4.69) is 42.8 Å². The quantitative estimate of drug-likeness (QED) is 0.811. The fraction of sp³-hybridized carbons (Fsp3) is 0.562. The summed E-state index contributed by atoms with van der Waals surface area (Å²) in [4.78, 5) is 15.6. The van der Waals surface area contributed by atoms with Gasteiger partial charge in [-0.05, 0) is 19.3 Å². The van der Waals surface area contributed by atoms with E-state index < -0.39 is 0 Å². The Balaban J connectivity index is 1.56. The zero-order chi connectivity index (χ0) is 16.1. The highest BCUT2D eigenvalue weighted by Crippen LogP contribution is 2.24. The number of nitrogens with zero attached hydrogens (tertiary/aromatic N) is 4. The number of aryl methyl sites for hydroxylation is 1. The topological polar surface area (TPSA) is 66.0 Å². The highest BCUT2D eigenvalue weighted by molar-refractivity contribution is 7.09. The van der Waals surface area contributed by atoms with Crippen LogP contribution in [0.2, 0.25) is 0 Å². The minimum atomic E-state index is 0.485. The maximum absolute atomic E-state index is 4.61. The number of nitrogens with one attached hydrogen (secondary N) is 2. The number of anilines is 2. The third-order valence-electron chi connectivity index (χ3n) is 4.17. The number of rotatable bonds is 7. The van der Waals surface area contributed by atoms with Crippen LogP contribution in [0.15, 0.2) is 17.8 Å². The van der Waals surface area contributed by atoms with Crippen molar-refractivity contribution in [2.45, 2.75) is 38.8 Å². The van der Waals surface area contributed by atoms with E-state index in [1.54, 1.807) is 17.7 Å². The summed E-state index contributed by atoms with van der Waals surface area (Å²) in [6.07, 6.45) is 5.05. The lowest BCUT2D eigenvalue weighted by molar-refractivity contribution is 0.567. The van der Waals surface area contributed by atoms with Crippen molar-refractivity contribution in [2.75, 3.05) is 30.4 Å². The van der Waals surface area contributed by atoms with Gasteiger partial charge in [-0.2, -0.15) is 0 Å². The predicted molar refractivity (Wildman–Crippen MR) is 95.1 cm³/mol. The van der Waals surface area contributed by atoms with Crippen molar-refractivity contribution in [3.63, 3.8) is 0 Å². The Morgan fingerprint density at radius 3 is 3.09 bits per heavy atom. The van der Waals surface area contributed by atoms with Crippen molar-refractivity contribution in [3.8, 4) is 0 Å². The third-order valence-corrected chi connectivity index (χ3v) is 5.21. The van der Waals surface area contributed by atoms with Crippen LogP contribution in [-0.2, 0) is 13.0 Å². The fourth-order valence-corrected chi connectivity index (χ4v) is 3.69. The van der Waals surface area contributed by atoms with Crippen molar-refractivity contribution in [1.82, 2.24) is 20.3 Å². The first-order valence-corrected chi connectivity index (χ1v) is 9.08. The molecular weight excluding hydrogens is 308 g/mol. The van der Waals surface area contributed by atoms with Crippen LogP contribution in [0.3, 0.4) is 0 Å². The summed E-state index contributed by atoms with van der Waals surface area (Å²) >= 11 is 1.75. The minimum absolute atomic E-state index is 0.485. The van der Waals surface area contributed by atoms with Crippen LogP contribution in [0.25, 0.3) is 0 Å². The van der Waals surface area contributed by atoms with Crippen LogP contribution in [-0.4, -0.2) is 41.1 Å². The van der Waals surface area contributed by atoms with E-state index in [0.717, 1.165) is 43.4 Å². The van der Waals surface area contributed by atoms with Gasteiger partial charge in [0.1, 0.15) is 18.0 Å². The third kappa shape index (κ3) is 3.97. The lowest BCUT2D eigenvalue weighted by Gasteiger charge is -2.26. The van der Waals surface area contributed by atoms with Gasteiger partial charge in [-0.1, -0.05) is 6.92 Å². The molecule has 2 aromatic rings. The second-order valence-corrected chi connectivity index (χ2v) is 6.66. The molecule has 7 heteroatoms. The summed E-state index contributed by atoms with van der Waals surface area (Å²) < 4.78 is 0. The van der Waals surface area contributed by atoms with E-state index in [-0.39, 0.29) is 0 Å². The summed E-state index contributed by atoms with van der Waals surface area (Å²) in [6, 6.07) is 2.51. The minimum Gasteiger partial charge on any atom is -0.373 e. The number of hydrogen-bond donors (Lipinski definition) is 2. The first-order valence-electron chi connectivity index (χ1n) is 8.20. The van der Waals surface area contributed by atoms with Crippen molar-refractivity contribution >= 4 is 23.0 Å². The average Bonchev–Trinajstić information content (AvgIpc) is 3.24. The Morgan fingerprint density at radius 1 is 1.39 bits per heavy atom. The van der Waals surface area contributed by atoms with Crippen LogP contribution < -0.4 is 15.5 Å². The lowest BCUT2D eigenvalue weighted by Crippen LogP contribution is -2.38. The number of thiazole rings is 1. The first-order chi connectivity index (χ1) is 11.3. The molecule has 2 N–H and O–H groups in total. The van der Waals surface area contributed by atoms with Crippen LogP contribution in [0.4, 0.5) is 11.6 Å². The molecule has 0 spiro atoms. The normalized spacial score (nSPS) is 17.7. The monoisotopic (exact) mass is 332 g/mol. The molecular formula is C16H24N6S. The van der Waals surface area contributed by atoms with Crippen molar-refractivity contribution in [3.05, 3.63) is 28.5 Å². The van der Waals surface area contributed by atoms with Gasteiger partial charge < -0.3 is 15.5 Å². The van der Waals surface area contributed by atoms with Crippen LogP contribution in [0.1, 0.15) is 30.5 Å². The number of hydrogen-bond acceptors (Lipinski definition) is 7. The van der Waals surface area contributed by atoms with Crippen molar-refractivity contribution in [2.24, 2.45) is 0 Å². The van der Waals surface area contributed by atoms with Gasteiger partial charge in [-0.25, -0.2) is 15.0 Å². The van der Waals surface area contributed by atoms with Gasteiger partial charge in [0.05, 0.1) is 10.7 Å². The second-order valence-electron chi connectivity index (χ2n) is 5.72. The van der Waals surface area contributed by atoms with E-state index in [1.165, 1.54) is 17.8 Å². The van der Waals surface area contributed by atoms with Crippen molar-refractivity contribution < 1.29 is 0 Å². The highest BCUT2D eigenvalue weighted by atomic mass is 32.1. The molecule has 1 fully saturated rings. The van der Waals surface area contributed by atoms with E-state index in [1.807, 2.05) is 13.1 Å². The van der Waals surface area contributed by atoms with E-state index in [0.29, 0.717) is 6.04 Å². The molecule has 2 aromatic heterocycles. The highest BCUT2D eigenvalue weighted by Gasteiger charge is 2.25. The molecule has 0 amide bonds. The lowest BCUT2D eigenvalue weighted by atomic mass is 10.2. The van der Waals surface area contributed by atoms with E-state index in [4.69, 9.17) is 0 Å². The molecule has 6 nitrogen and oxygen atoms in total. The van der Waals surface area contributed by atoms with Gasteiger partial charge >= 0.3 is 0 Å². The molecule has 124 valence electrons. The molecule has 3 rings (SSSR count). The second kappa shape index (κ2) is 7.70. The van der Waals surface area contributed by atoms with E-state index >= 15 is 0 Å². The summed E-state index contributed by atoms with van der Waals surface area (Å²) in [5.74, 6) is 1.87. The SMILES string of the molecule is CCc1nc(CNC[C@@H]2CCCN2c2cc(NC)ncn2)cs1. The Bertz CT molecular complexity index is 629. The summed E-state index contributed by atoms with van der Waals surface area (Å²) in [7, 11) is 1.88. The fourth-order valence-electron chi connectivity index (χ4n) is 2.95. The number of aromatic nitrogens is 3. The predicted octanol–water partition coefficient (Wildman–Crippen LogP) is 2.30. The summed E-state index contributed by atoms with van der Waals surface area (Å²) in [6.45, 7) is 5.00. The largest absolute Gasteiger partial charge is 0.373 e. The Hall–Kier alpha value is -1.73. The van der Waals surface area contributed by atoms with Crippen LogP contribution >= 0.6 is 11.3 Å². The molecule has 0 radical (unpaired) electrons. The maximum Gasteiger partial charge on any atom is 0.134 e. The molecule has 0 unspecified atom stereocenters. The maximum atomic E-state index is 4.61. The molecule has 0 aliphatic carbocycles. The smallest absolute Gasteiger partial charge is 0.134 e. The molecule has 3 heterocycles. The van der Waals surface area contributed by atoms with Gasteiger partial charge in [0.2, 0.25) is 0 Å². The molecule has 1 aliphatic rings. The van der Waals surface area contributed by atoms with Gasteiger partial charge in [0.15, 0.2) is 0 Å². The molecule has 1 atom stereocenters. The Kier molecular flexibility index (Phi) is 5.40. The summed E-state index contributed by atoms with van der Waals surface area (Å²) in [5.41, 5.74) is 1.15. The molecule has 1 saturated heterocycles. The van der Waals surface area contributed by atoms with Crippen LogP contribution in [0, 0.1) is 0 Å². The molecule has 0 aromatic carbocycles. The average molecular weight is 332 g/mol. The van der Waals surface area contributed by atoms with Gasteiger partial charge in [-0.3, -0.25) is 0 Å². The van der Waals surface area contributed by atoms with Crippen molar-refractivity contribution in [1.29, 1.82) is 0 Å². The van der Waals surface area contributed by atoms with Gasteiger partial charge in [0.25, 0.3) is 0 Å². The molecule has 0 saturated carbocycles. The molecule has 0 bridgehead atoms. The Morgan fingerprint density at radius 2 is 2.30 bits per heavy atom. The standard InChI is InChI=1S/C16H24N6S/c1-3-16-21-12(10-23-16)8-18-9-13-5-4-6-22(13)15-7-14(17-2)19-11-20-15/h7,10-11,13,18H,3-6,8-9H2,1-2H3,(H,17,19,20)/t13-/m0/s1.